The van der Waals surface area contributed by atoms with Crippen LogP contribution in [-0.4, -0.2) is 24.3 Å². The van der Waals surface area contributed by atoms with E-state index in [1.165, 1.54) is 11.6 Å². The van der Waals surface area contributed by atoms with Crippen LogP contribution in [0.4, 0.5) is 0 Å². The molecule has 0 aliphatic rings. The van der Waals surface area contributed by atoms with E-state index in [4.69, 9.17) is 19.5 Å². The summed E-state index contributed by atoms with van der Waals surface area (Å²) in [5, 5.41) is 8.78. The second kappa shape index (κ2) is 12.9. The summed E-state index contributed by atoms with van der Waals surface area (Å²) in [6.07, 6.45) is 7.06. The number of carbonyl (C=O) groups is 1. The SMILES string of the molecule is C=C(OO)Oc1cc(OCC=C(C)C)ccc1C(=O)/C=C/c1ccc(OCC=C(C)C)cc1. The van der Waals surface area contributed by atoms with Crippen molar-refractivity contribution in [1.82, 2.24) is 0 Å². The van der Waals surface area contributed by atoms with Crippen molar-refractivity contribution < 1.29 is 29.1 Å². The molecule has 1 N–H and O–H groups in total. The molecule has 0 saturated heterocycles. The molecule has 0 atom stereocenters. The van der Waals surface area contributed by atoms with Gasteiger partial charge in [0.05, 0.1) is 5.56 Å². The first kappa shape index (κ1) is 25.5. The minimum absolute atomic E-state index is 0.154. The minimum Gasteiger partial charge on any atom is -0.490 e. The molecular weight excluding hydrogens is 420 g/mol. The first-order valence-electron chi connectivity index (χ1n) is 10.5. The molecular formula is C27H30O6. The van der Waals surface area contributed by atoms with Gasteiger partial charge in [0, 0.05) is 6.07 Å². The zero-order chi connectivity index (χ0) is 24.2. The molecule has 0 amide bonds. The Morgan fingerprint density at radius 2 is 1.48 bits per heavy atom. The van der Waals surface area contributed by atoms with Gasteiger partial charge >= 0.3 is 5.95 Å². The smallest absolute Gasteiger partial charge is 0.314 e. The van der Waals surface area contributed by atoms with E-state index >= 15 is 0 Å². The zero-order valence-electron chi connectivity index (χ0n) is 19.5. The van der Waals surface area contributed by atoms with Crippen LogP contribution in [0.15, 0.2) is 84.4 Å². The van der Waals surface area contributed by atoms with E-state index in [-0.39, 0.29) is 23.0 Å². The third-order valence-electron chi connectivity index (χ3n) is 4.33. The summed E-state index contributed by atoms with van der Waals surface area (Å²) in [7, 11) is 0. The largest absolute Gasteiger partial charge is 0.490 e. The van der Waals surface area contributed by atoms with Gasteiger partial charge in [-0.3, -0.25) is 4.79 Å². The van der Waals surface area contributed by atoms with Crippen molar-refractivity contribution in [2.24, 2.45) is 0 Å². The molecule has 0 bridgehead atoms. The lowest BCUT2D eigenvalue weighted by atomic mass is 10.1. The predicted octanol–water partition coefficient (Wildman–Crippen LogP) is 6.61. The number of carbonyl (C=O) groups excluding carboxylic acids is 1. The molecule has 0 heterocycles. The van der Waals surface area contributed by atoms with Gasteiger partial charge in [0.2, 0.25) is 0 Å². The van der Waals surface area contributed by atoms with Gasteiger partial charge in [0.25, 0.3) is 0 Å². The van der Waals surface area contributed by atoms with Crippen LogP contribution in [0.1, 0.15) is 43.6 Å². The highest BCUT2D eigenvalue weighted by atomic mass is 17.1. The monoisotopic (exact) mass is 450 g/mol. The summed E-state index contributed by atoms with van der Waals surface area (Å²) in [6, 6.07) is 12.2. The maximum absolute atomic E-state index is 12.8. The number of hydrogen-bond acceptors (Lipinski definition) is 6. The average molecular weight is 451 g/mol. The van der Waals surface area contributed by atoms with Crippen LogP contribution in [-0.2, 0) is 4.89 Å². The molecule has 0 radical (unpaired) electrons. The molecule has 0 saturated carbocycles. The fourth-order valence-electron chi connectivity index (χ4n) is 2.57. The van der Waals surface area contributed by atoms with Gasteiger partial charge in [0.15, 0.2) is 5.78 Å². The molecule has 0 fully saturated rings. The Labute approximate surface area is 195 Å². The lowest BCUT2D eigenvalue weighted by Gasteiger charge is -2.11. The Kier molecular flexibility index (Phi) is 9.99. The number of ether oxygens (including phenoxy) is 3. The van der Waals surface area contributed by atoms with Crippen LogP contribution in [0.5, 0.6) is 17.2 Å². The van der Waals surface area contributed by atoms with Gasteiger partial charge < -0.3 is 19.1 Å². The molecule has 0 aliphatic carbocycles. The van der Waals surface area contributed by atoms with E-state index in [9.17, 15) is 4.79 Å². The molecule has 2 aromatic rings. The second-order valence-corrected chi connectivity index (χ2v) is 7.67. The van der Waals surface area contributed by atoms with E-state index < -0.39 is 0 Å². The van der Waals surface area contributed by atoms with Crippen LogP contribution >= 0.6 is 0 Å². The highest BCUT2D eigenvalue weighted by Gasteiger charge is 2.14. The van der Waals surface area contributed by atoms with Crippen molar-refractivity contribution in [2.45, 2.75) is 27.7 Å². The minimum atomic E-state index is -0.363. The van der Waals surface area contributed by atoms with Crippen molar-refractivity contribution in [3.63, 3.8) is 0 Å². The molecule has 0 spiro atoms. The standard InChI is InChI=1S/C27H30O6/c1-19(2)14-16-30-23-9-6-22(7-10-23)8-13-26(28)25-12-11-24(31-17-15-20(3)4)18-27(25)32-21(5)33-29/h6-15,18,29H,5,16-17H2,1-4H3/b13-8+. The molecule has 2 aromatic carbocycles. The first-order chi connectivity index (χ1) is 15.8. The molecule has 174 valence electrons. The molecule has 6 heteroatoms. The van der Waals surface area contributed by atoms with E-state index in [1.54, 1.807) is 24.3 Å². The first-order valence-corrected chi connectivity index (χ1v) is 10.5. The summed E-state index contributed by atoms with van der Waals surface area (Å²) < 4.78 is 16.7. The lowest BCUT2D eigenvalue weighted by molar-refractivity contribution is -0.230. The van der Waals surface area contributed by atoms with Crippen molar-refractivity contribution in [3.05, 3.63) is 95.5 Å². The summed E-state index contributed by atoms with van der Waals surface area (Å²) in [5.41, 5.74) is 3.42. The normalized spacial score (nSPS) is 10.3. The quantitative estimate of drug-likeness (QED) is 0.0979. The van der Waals surface area contributed by atoms with Crippen LogP contribution in [0.25, 0.3) is 6.08 Å². The van der Waals surface area contributed by atoms with Gasteiger partial charge in [-0.05, 0) is 82.3 Å². The highest BCUT2D eigenvalue weighted by Crippen LogP contribution is 2.28. The number of benzene rings is 2. The maximum Gasteiger partial charge on any atom is 0.314 e. The van der Waals surface area contributed by atoms with Crippen LogP contribution < -0.4 is 14.2 Å². The third-order valence-corrected chi connectivity index (χ3v) is 4.33. The molecule has 2 rings (SSSR count). The van der Waals surface area contributed by atoms with E-state index in [2.05, 4.69) is 11.5 Å². The zero-order valence-corrected chi connectivity index (χ0v) is 19.5. The Balaban J connectivity index is 2.14. The molecule has 0 aromatic heterocycles. The Morgan fingerprint density at radius 1 is 0.909 bits per heavy atom. The molecule has 33 heavy (non-hydrogen) atoms. The lowest BCUT2D eigenvalue weighted by Crippen LogP contribution is -2.04. The van der Waals surface area contributed by atoms with E-state index in [0.717, 1.165) is 16.9 Å². The number of allylic oxidation sites excluding steroid dienone is 3. The summed E-state index contributed by atoms with van der Waals surface area (Å²) in [4.78, 5) is 16.8. The van der Waals surface area contributed by atoms with Crippen molar-refractivity contribution in [3.8, 4) is 17.2 Å². The number of rotatable bonds is 12. The summed E-state index contributed by atoms with van der Waals surface area (Å²) >= 11 is 0. The summed E-state index contributed by atoms with van der Waals surface area (Å²) in [6.45, 7) is 12.3. The fraction of sp³-hybridized carbons (Fsp3) is 0.222. The maximum atomic E-state index is 12.8. The van der Waals surface area contributed by atoms with Crippen LogP contribution in [0.3, 0.4) is 0 Å². The second-order valence-electron chi connectivity index (χ2n) is 7.67. The molecule has 0 aliphatic heterocycles. The van der Waals surface area contributed by atoms with Gasteiger partial charge in [-0.25, -0.2) is 0 Å². The van der Waals surface area contributed by atoms with Crippen LogP contribution in [0, 0.1) is 0 Å². The number of hydrogen-bond donors (Lipinski definition) is 1. The highest BCUT2D eigenvalue weighted by molar-refractivity contribution is 6.08. The summed E-state index contributed by atoms with van der Waals surface area (Å²) in [5.74, 6) is 0.741. The van der Waals surface area contributed by atoms with Gasteiger partial charge in [-0.15, -0.1) is 0 Å². The van der Waals surface area contributed by atoms with E-state index in [1.807, 2.05) is 64.1 Å². The predicted molar refractivity (Wildman–Crippen MR) is 130 cm³/mol. The van der Waals surface area contributed by atoms with Crippen LogP contribution in [0.2, 0.25) is 0 Å². The molecule has 6 nitrogen and oxygen atoms in total. The van der Waals surface area contributed by atoms with Gasteiger partial charge in [0.1, 0.15) is 30.5 Å². The van der Waals surface area contributed by atoms with Crippen molar-refractivity contribution >= 4 is 11.9 Å². The van der Waals surface area contributed by atoms with Gasteiger partial charge in [-0.1, -0.05) is 29.4 Å². The van der Waals surface area contributed by atoms with E-state index in [0.29, 0.717) is 19.0 Å². The van der Waals surface area contributed by atoms with Crippen molar-refractivity contribution in [1.29, 1.82) is 0 Å². The number of ketones is 1. The fourth-order valence-corrected chi connectivity index (χ4v) is 2.57. The van der Waals surface area contributed by atoms with Crippen molar-refractivity contribution in [2.75, 3.05) is 13.2 Å². The molecule has 0 unspecified atom stereocenters. The Hall–Kier alpha value is -3.77. The topological polar surface area (TPSA) is 74.2 Å². The average Bonchev–Trinajstić information content (AvgIpc) is 2.78. The Bertz CT molecular complexity index is 1040. The Morgan fingerprint density at radius 3 is 2.06 bits per heavy atom. The third kappa shape index (κ3) is 9.09. The van der Waals surface area contributed by atoms with Gasteiger partial charge in [-0.2, -0.15) is 5.26 Å².